The number of terminal acetylenes is 1. The smallest absolute Gasteiger partial charge is 0.228 e. The van der Waals surface area contributed by atoms with Crippen molar-refractivity contribution in [3.05, 3.63) is 24.3 Å². The predicted molar refractivity (Wildman–Crippen MR) is 57.4 cm³/mol. The Labute approximate surface area is 88.3 Å². The summed E-state index contributed by atoms with van der Waals surface area (Å²) in [6, 6.07) is 6.78. The van der Waals surface area contributed by atoms with Crippen LogP contribution in [-0.4, -0.2) is 17.6 Å². The zero-order chi connectivity index (χ0) is 10.8. The average molecular weight is 201 g/mol. The van der Waals surface area contributed by atoms with Gasteiger partial charge < -0.3 is 10.0 Å². The van der Waals surface area contributed by atoms with Crippen molar-refractivity contribution < 1.29 is 9.90 Å². The maximum atomic E-state index is 11.6. The lowest BCUT2D eigenvalue weighted by Crippen LogP contribution is -2.24. The Bertz CT molecular complexity index is 433. The van der Waals surface area contributed by atoms with E-state index in [4.69, 9.17) is 6.42 Å². The third-order valence-electron chi connectivity index (χ3n) is 2.53. The molecule has 1 heterocycles. The lowest BCUT2D eigenvalue weighted by Gasteiger charge is -2.16. The van der Waals surface area contributed by atoms with Crippen molar-refractivity contribution in [2.75, 3.05) is 11.4 Å². The number of rotatable bonds is 1. The second kappa shape index (κ2) is 3.66. The summed E-state index contributed by atoms with van der Waals surface area (Å²) >= 11 is 0. The van der Waals surface area contributed by atoms with Gasteiger partial charge in [-0.1, -0.05) is 12.1 Å². The molecule has 0 aromatic heterocycles. The number of phenols is 1. The van der Waals surface area contributed by atoms with Crippen LogP contribution in [0.5, 0.6) is 5.75 Å². The van der Waals surface area contributed by atoms with Gasteiger partial charge in [0.05, 0.1) is 5.69 Å². The Hall–Kier alpha value is -1.95. The highest BCUT2D eigenvalue weighted by Gasteiger charge is 2.30. The average Bonchev–Trinajstić information content (AvgIpc) is 2.60. The van der Waals surface area contributed by atoms with Crippen LogP contribution >= 0.6 is 0 Å². The minimum atomic E-state index is -0.0443. The first-order valence-electron chi connectivity index (χ1n) is 4.77. The second-order valence-electron chi connectivity index (χ2n) is 3.56. The molecule has 1 aromatic rings. The summed E-state index contributed by atoms with van der Waals surface area (Å²) in [7, 11) is 0. The Morgan fingerprint density at radius 2 is 2.20 bits per heavy atom. The maximum absolute atomic E-state index is 11.6. The molecule has 3 nitrogen and oxygen atoms in total. The molecule has 1 amide bonds. The molecule has 1 atom stereocenters. The van der Waals surface area contributed by atoms with Crippen LogP contribution in [0.1, 0.15) is 6.42 Å². The van der Waals surface area contributed by atoms with Crippen LogP contribution in [-0.2, 0) is 4.79 Å². The van der Waals surface area contributed by atoms with E-state index in [0.717, 1.165) is 0 Å². The third-order valence-corrected chi connectivity index (χ3v) is 2.53. The van der Waals surface area contributed by atoms with Gasteiger partial charge in [0.1, 0.15) is 5.75 Å². The van der Waals surface area contributed by atoms with Gasteiger partial charge in [-0.2, -0.15) is 0 Å². The van der Waals surface area contributed by atoms with E-state index in [2.05, 4.69) is 5.92 Å². The first kappa shape index (κ1) is 9.60. The van der Waals surface area contributed by atoms with Gasteiger partial charge >= 0.3 is 0 Å². The molecule has 2 rings (SSSR count). The number of nitrogens with zero attached hydrogens (tertiary/aromatic N) is 1. The fourth-order valence-electron chi connectivity index (χ4n) is 1.74. The van der Waals surface area contributed by atoms with Crippen LogP contribution in [0.3, 0.4) is 0 Å². The van der Waals surface area contributed by atoms with Crippen LogP contribution in [0.4, 0.5) is 5.69 Å². The van der Waals surface area contributed by atoms with E-state index < -0.39 is 0 Å². The zero-order valence-corrected chi connectivity index (χ0v) is 8.18. The van der Waals surface area contributed by atoms with E-state index in [1.54, 1.807) is 29.2 Å². The molecule has 1 aliphatic rings. The van der Waals surface area contributed by atoms with Gasteiger partial charge in [-0.25, -0.2) is 0 Å². The molecular formula is C12H11NO2. The first-order chi connectivity index (χ1) is 7.22. The maximum Gasteiger partial charge on any atom is 0.228 e. The summed E-state index contributed by atoms with van der Waals surface area (Å²) in [6.07, 6.45) is 5.65. The minimum absolute atomic E-state index is 0.0283. The molecule has 1 aliphatic heterocycles. The second-order valence-corrected chi connectivity index (χ2v) is 3.56. The molecule has 1 unspecified atom stereocenters. The molecule has 76 valence electrons. The number of para-hydroxylation sites is 2. The third kappa shape index (κ3) is 1.66. The normalized spacial score (nSPS) is 20.3. The number of carbonyl (C=O) groups excluding carboxylic acids is 1. The van der Waals surface area contributed by atoms with E-state index >= 15 is 0 Å². The van der Waals surface area contributed by atoms with Gasteiger partial charge in [0, 0.05) is 18.9 Å². The number of anilines is 1. The number of aromatic hydroxyl groups is 1. The topological polar surface area (TPSA) is 40.5 Å². The van der Waals surface area contributed by atoms with Gasteiger partial charge in [-0.05, 0) is 12.1 Å². The summed E-state index contributed by atoms with van der Waals surface area (Å²) in [6.45, 7) is 0.493. The SMILES string of the molecule is C#CC1CC(=O)N(c2ccccc2O)C1. The number of hydrogen-bond acceptors (Lipinski definition) is 2. The minimum Gasteiger partial charge on any atom is -0.506 e. The molecule has 1 N–H and O–H groups in total. The van der Waals surface area contributed by atoms with E-state index in [-0.39, 0.29) is 17.6 Å². The number of carbonyl (C=O) groups is 1. The number of phenolic OH excluding ortho intramolecular Hbond substituents is 1. The van der Waals surface area contributed by atoms with E-state index in [1.807, 2.05) is 0 Å². The standard InChI is InChI=1S/C12H11NO2/c1-2-9-7-12(15)13(8-9)10-5-3-4-6-11(10)14/h1,3-6,9,14H,7-8H2. The summed E-state index contributed by atoms with van der Waals surface area (Å²) in [4.78, 5) is 13.2. The van der Waals surface area contributed by atoms with Gasteiger partial charge in [-0.3, -0.25) is 4.79 Å². The summed E-state index contributed by atoms with van der Waals surface area (Å²) < 4.78 is 0. The highest BCUT2D eigenvalue weighted by molar-refractivity contribution is 5.97. The van der Waals surface area contributed by atoms with E-state index in [9.17, 15) is 9.90 Å². The van der Waals surface area contributed by atoms with Gasteiger partial charge in [0.25, 0.3) is 0 Å². The summed E-state index contributed by atoms with van der Waals surface area (Å²) in [5, 5.41) is 9.60. The predicted octanol–water partition coefficient (Wildman–Crippen LogP) is 1.38. The van der Waals surface area contributed by atoms with Crippen molar-refractivity contribution >= 4 is 11.6 Å². The zero-order valence-electron chi connectivity index (χ0n) is 8.18. The Morgan fingerprint density at radius 1 is 1.47 bits per heavy atom. The van der Waals surface area contributed by atoms with Crippen molar-refractivity contribution in [1.82, 2.24) is 0 Å². The molecule has 1 fully saturated rings. The van der Waals surface area contributed by atoms with Crippen molar-refractivity contribution in [3.63, 3.8) is 0 Å². The monoisotopic (exact) mass is 201 g/mol. The number of amides is 1. The van der Waals surface area contributed by atoms with E-state index in [1.165, 1.54) is 0 Å². The molecule has 0 saturated carbocycles. The first-order valence-corrected chi connectivity index (χ1v) is 4.77. The molecule has 1 aromatic carbocycles. The highest BCUT2D eigenvalue weighted by atomic mass is 16.3. The molecule has 3 heteroatoms. The molecule has 0 radical (unpaired) electrons. The largest absolute Gasteiger partial charge is 0.506 e. The van der Waals surface area contributed by atoms with Crippen LogP contribution < -0.4 is 4.90 Å². The van der Waals surface area contributed by atoms with E-state index in [0.29, 0.717) is 18.7 Å². The fraction of sp³-hybridized carbons (Fsp3) is 0.250. The van der Waals surface area contributed by atoms with Crippen LogP contribution in [0.15, 0.2) is 24.3 Å². The fourth-order valence-corrected chi connectivity index (χ4v) is 1.74. The number of benzene rings is 1. The Kier molecular flexibility index (Phi) is 2.34. The molecule has 0 bridgehead atoms. The van der Waals surface area contributed by atoms with Gasteiger partial charge in [0.15, 0.2) is 0 Å². The lowest BCUT2D eigenvalue weighted by atomic mass is 10.1. The highest BCUT2D eigenvalue weighted by Crippen LogP contribution is 2.31. The van der Waals surface area contributed by atoms with Crippen molar-refractivity contribution in [2.45, 2.75) is 6.42 Å². The Morgan fingerprint density at radius 3 is 2.80 bits per heavy atom. The molecule has 1 saturated heterocycles. The van der Waals surface area contributed by atoms with Crippen LogP contribution in [0.25, 0.3) is 0 Å². The lowest BCUT2D eigenvalue weighted by molar-refractivity contribution is -0.117. The van der Waals surface area contributed by atoms with Crippen molar-refractivity contribution in [2.24, 2.45) is 5.92 Å². The molecule has 15 heavy (non-hydrogen) atoms. The molecule has 0 spiro atoms. The van der Waals surface area contributed by atoms with Gasteiger partial charge in [0.2, 0.25) is 5.91 Å². The molecular weight excluding hydrogens is 190 g/mol. The van der Waals surface area contributed by atoms with Crippen molar-refractivity contribution in [3.8, 4) is 18.1 Å². The Balaban J connectivity index is 2.30. The number of hydrogen-bond donors (Lipinski definition) is 1. The van der Waals surface area contributed by atoms with Crippen molar-refractivity contribution in [1.29, 1.82) is 0 Å². The quantitative estimate of drug-likeness (QED) is 0.697. The van der Waals surface area contributed by atoms with Gasteiger partial charge in [-0.15, -0.1) is 12.3 Å². The van der Waals surface area contributed by atoms with Crippen LogP contribution in [0.2, 0.25) is 0 Å². The molecule has 0 aliphatic carbocycles. The summed E-state index contributed by atoms with van der Waals surface area (Å²) in [5.74, 6) is 2.61. The van der Waals surface area contributed by atoms with Crippen LogP contribution in [0, 0.1) is 18.3 Å². The summed E-state index contributed by atoms with van der Waals surface area (Å²) in [5.41, 5.74) is 0.542.